The van der Waals surface area contributed by atoms with Crippen molar-refractivity contribution in [3.8, 4) is 0 Å². The van der Waals surface area contributed by atoms with E-state index in [9.17, 15) is 4.79 Å². The average molecular weight is 155 g/mol. The molecule has 0 aliphatic carbocycles. The van der Waals surface area contributed by atoms with Crippen LogP contribution in [-0.4, -0.2) is 20.6 Å². The standard InChI is InChI=1S/C6H9N3O2/c7-3-5-8-1-2-9(5)4-6(10)11/h1-2H,3-4,7H2,(H,10,11). The summed E-state index contributed by atoms with van der Waals surface area (Å²) in [5, 5.41) is 8.42. The number of hydrogen-bond donors (Lipinski definition) is 2. The van der Waals surface area contributed by atoms with Crippen LogP contribution in [0.2, 0.25) is 0 Å². The summed E-state index contributed by atoms with van der Waals surface area (Å²) in [5.41, 5.74) is 5.29. The third-order valence-electron chi connectivity index (χ3n) is 1.29. The van der Waals surface area contributed by atoms with Crippen LogP contribution in [-0.2, 0) is 17.9 Å². The zero-order valence-electron chi connectivity index (χ0n) is 5.90. The van der Waals surface area contributed by atoms with Crippen molar-refractivity contribution in [2.45, 2.75) is 13.1 Å². The number of hydrogen-bond acceptors (Lipinski definition) is 3. The topological polar surface area (TPSA) is 81.1 Å². The second-order valence-corrected chi connectivity index (χ2v) is 2.07. The summed E-state index contributed by atoms with van der Waals surface area (Å²) >= 11 is 0. The SMILES string of the molecule is NCc1nccn1CC(=O)O. The van der Waals surface area contributed by atoms with Gasteiger partial charge in [0.2, 0.25) is 0 Å². The molecule has 3 N–H and O–H groups in total. The quantitative estimate of drug-likeness (QED) is 0.612. The summed E-state index contributed by atoms with van der Waals surface area (Å²) in [6, 6.07) is 0. The Balaban J connectivity index is 2.76. The molecule has 0 atom stereocenters. The van der Waals surface area contributed by atoms with Gasteiger partial charge in [-0.05, 0) is 0 Å². The van der Waals surface area contributed by atoms with Crippen LogP contribution < -0.4 is 5.73 Å². The monoisotopic (exact) mass is 155 g/mol. The van der Waals surface area contributed by atoms with Crippen LogP contribution in [0.4, 0.5) is 0 Å². The number of carbonyl (C=O) groups is 1. The molecule has 0 radical (unpaired) electrons. The van der Waals surface area contributed by atoms with Crippen LogP contribution in [0.1, 0.15) is 5.82 Å². The Hall–Kier alpha value is -1.36. The van der Waals surface area contributed by atoms with Gasteiger partial charge in [0.1, 0.15) is 12.4 Å². The van der Waals surface area contributed by atoms with E-state index >= 15 is 0 Å². The van der Waals surface area contributed by atoms with Gasteiger partial charge >= 0.3 is 5.97 Å². The number of carboxylic acids is 1. The molecule has 0 fully saturated rings. The molecule has 0 saturated carbocycles. The first-order chi connectivity index (χ1) is 5.24. The van der Waals surface area contributed by atoms with Crippen molar-refractivity contribution in [2.75, 3.05) is 0 Å². The summed E-state index contributed by atoms with van der Waals surface area (Å²) in [6.07, 6.45) is 3.13. The summed E-state index contributed by atoms with van der Waals surface area (Å²) in [7, 11) is 0. The predicted molar refractivity (Wildman–Crippen MR) is 37.8 cm³/mol. The summed E-state index contributed by atoms with van der Waals surface area (Å²) < 4.78 is 1.50. The summed E-state index contributed by atoms with van der Waals surface area (Å²) in [5.74, 6) is -0.301. The van der Waals surface area contributed by atoms with Gasteiger partial charge in [0.15, 0.2) is 0 Å². The Kier molecular flexibility index (Phi) is 2.22. The molecule has 0 saturated heterocycles. The van der Waals surface area contributed by atoms with Crippen molar-refractivity contribution in [2.24, 2.45) is 5.73 Å². The normalized spacial score (nSPS) is 9.91. The second kappa shape index (κ2) is 3.16. The number of imidazole rings is 1. The van der Waals surface area contributed by atoms with E-state index in [0.717, 1.165) is 0 Å². The van der Waals surface area contributed by atoms with Gasteiger partial charge < -0.3 is 15.4 Å². The zero-order valence-corrected chi connectivity index (χ0v) is 5.90. The fourth-order valence-electron chi connectivity index (χ4n) is 0.820. The fraction of sp³-hybridized carbons (Fsp3) is 0.333. The minimum atomic E-state index is -0.891. The highest BCUT2D eigenvalue weighted by atomic mass is 16.4. The molecule has 0 unspecified atom stereocenters. The van der Waals surface area contributed by atoms with E-state index in [-0.39, 0.29) is 13.1 Å². The molecule has 60 valence electrons. The van der Waals surface area contributed by atoms with E-state index in [1.54, 1.807) is 6.20 Å². The molecule has 0 spiro atoms. The minimum Gasteiger partial charge on any atom is -0.480 e. The first kappa shape index (κ1) is 7.74. The lowest BCUT2D eigenvalue weighted by Crippen LogP contribution is -2.13. The van der Waals surface area contributed by atoms with Crippen molar-refractivity contribution >= 4 is 5.97 Å². The number of rotatable bonds is 3. The maximum atomic E-state index is 10.2. The van der Waals surface area contributed by atoms with E-state index in [2.05, 4.69) is 4.98 Å². The molecule has 1 rings (SSSR count). The lowest BCUT2D eigenvalue weighted by atomic mass is 10.5. The van der Waals surface area contributed by atoms with Gasteiger partial charge in [0.05, 0.1) is 6.54 Å². The van der Waals surface area contributed by atoms with Crippen molar-refractivity contribution in [3.63, 3.8) is 0 Å². The molecule has 1 aromatic rings. The number of carboxylic acid groups (broad SMARTS) is 1. The van der Waals surface area contributed by atoms with Gasteiger partial charge in [-0.15, -0.1) is 0 Å². The average Bonchev–Trinajstić information content (AvgIpc) is 2.34. The van der Waals surface area contributed by atoms with E-state index < -0.39 is 5.97 Å². The molecule has 5 heteroatoms. The van der Waals surface area contributed by atoms with Gasteiger partial charge in [0, 0.05) is 12.4 Å². The Morgan fingerprint density at radius 1 is 1.82 bits per heavy atom. The van der Waals surface area contributed by atoms with Crippen molar-refractivity contribution in [1.82, 2.24) is 9.55 Å². The number of nitrogens with two attached hydrogens (primary N) is 1. The molecular weight excluding hydrogens is 146 g/mol. The third-order valence-corrected chi connectivity index (χ3v) is 1.29. The van der Waals surface area contributed by atoms with Gasteiger partial charge in [-0.2, -0.15) is 0 Å². The molecular formula is C6H9N3O2. The molecule has 0 amide bonds. The lowest BCUT2D eigenvalue weighted by molar-refractivity contribution is -0.137. The number of nitrogens with zero attached hydrogens (tertiary/aromatic N) is 2. The zero-order chi connectivity index (χ0) is 8.27. The van der Waals surface area contributed by atoms with Gasteiger partial charge in [-0.25, -0.2) is 4.98 Å². The van der Waals surface area contributed by atoms with E-state index in [4.69, 9.17) is 10.8 Å². The predicted octanol–water partition coefficient (Wildman–Crippen LogP) is -0.574. The Morgan fingerprint density at radius 2 is 2.55 bits per heavy atom. The molecule has 0 aliphatic rings. The Labute approximate surface area is 63.5 Å². The summed E-state index contributed by atoms with van der Waals surface area (Å²) in [4.78, 5) is 14.1. The van der Waals surface area contributed by atoms with Crippen molar-refractivity contribution in [1.29, 1.82) is 0 Å². The van der Waals surface area contributed by atoms with E-state index in [0.29, 0.717) is 5.82 Å². The van der Waals surface area contributed by atoms with Crippen molar-refractivity contribution in [3.05, 3.63) is 18.2 Å². The van der Waals surface area contributed by atoms with Gasteiger partial charge in [0.25, 0.3) is 0 Å². The number of aromatic nitrogens is 2. The van der Waals surface area contributed by atoms with Crippen LogP contribution >= 0.6 is 0 Å². The molecule has 0 aromatic carbocycles. The van der Waals surface area contributed by atoms with Crippen LogP contribution in [0.5, 0.6) is 0 Å². The molecule has 11 heavy (non-hydrogen) atoms. The largest absolute Gasteiger partial charge is 0.480 e. The van der Waals surface area contributed by atoms with Gasteiger partial charge in [-0.3, -0.25) is 4.79 Å². The smallest absolute Gasteiger partial charge is 0.323 e. The summed E-state index contributed by atoms with van der Waals surface area (Å²) in [6.45, 7) is 0.187. The molecule has 5 nitrogen and oxygen atoms in total. The Bertz CT molecular complexity index is 256. The highest BCUT2D eigenvalue weighted by Gasteiger charge is 2.03. The van der Waals surface area contributed by atoms with Crippen molar-refractivity contribution < 1.29 is 9.90 Å². The number of aliphatic carboxylic acids is 1. The first-order valence-corrected chi connectivity index (χ1v) is 3.16. The van der Waals surface area contributed by atoms with Crippen LogP contribution in [0.25, 0.3) is 0 Å². The molecule has 0 aliphatic heterocycles. The van der Waals surface area contributed by atoms with Crippen LogP contribution in [0.3, 0.4) is 0 Å². The van der Waals surface area contributed by atoms with E-state index in [1.165, 1.54) is 10.8 Å². The highest BCUT2D eigenvalue weighted by Crippen LogP contribution is 1.94. The molecule has 0 bridgehead atoms. The Morgan fingerprint density at radius 3 is 3.09 bits per heavy atom. The molecule has 1 heterocycles. The highest BCUT2D eigenvalue weighted by molar-refractivity contribution is 5.66. The maximum absolute atomic E-state index is 10.2. The molecule has 1 aromatic heterocycles. The minimum absolute atomic E-state index is 0.0769. The van der Waals surface area contributed by atoms with E-state index in [1.807, 2.05) is 0 Å². The third kappa shape index (κ3) is 1.78. The fourth-order valence-corrected chi connectivity index (χ4v) is 0.820. The van der Waals surface area contributed by atoms with Gasteiger partial charge in [-0.1, -0.05) is 0 Å². The second-order valence-electron chi connectivity index (χ2n) is 2.07. The van der Waals surface area contributed by atoms with Crippen LogP contribution in [0, 0.1) is 0 Å². The van der Waals surface area contributed by atoms with Crippen LogP contribution in [0.15, 0.2) is 12.4 Å². The lowest BCUT2D eigenvalue weighted by Gasteiger charge is -2.00. The first-order valence-electron chi connectivity index (χ1n) is 3.16. The maximum Gasteiger partial charge on any atom is 0.323 e.